The zero-order valence-electron chi connectivity index (χ0n) is 14.1. The number of carbonyl (C=O) groups is 4. The maximum Gasteiger partial charge on any atom is 0.262 e. The van der Waals surface area contributed by atoms with Gasteiger partial charge in [-0.15, -0.1) is 0 Å². The van der Waals surface area contributed by atoms with Crippen LogP contribution in [0.25, 0.3) is 0 Å². The van der Waals surface area contributed by atoms with Gasteiger partial charge in [0, 0.05) is 11.4 Å². The number of hydrogen-bond acceptors (Lipinski definition) is 5. The molecular weight excluding hydrogens is 348 g/mol. The van der Waals surface area contributed by atoms with E-state index in [-0.39, 0.29) is 17.5 Å². The molecule has 1 heterocycles. The van der Waals surface area contributed by atoms with E-state index in [0.29, 0.717) is 11.4 Å². The van der Waals surface area contributed by atoms with Gasteiger partial charge in [-0.05, 0) is 30.3 Å². The third-order valence-electron chi connectivity index (χ3n) is 3.85. The Morgan fingerprint density at radius 1 is 0.889 bits per heavy atom. The van der Waals surface area contributed by atoms with Gasteiger partial charge in [0.15, 0.2) is 0 Å². The first-order chi connectivity index (χ1) is 13.0. The predicted molar refractivity (Wildman–Crippen MR) is 95.7 cm³/mol. The van der Waals surface area contributed by atoms with Crippen molar-refractivity contribution in [1.82, 2.24) is 4.90 Å². The number of nitrogens with zero attached hydrogens (tertiary/aromatic N) is 2. The lowest BCUT2D eigenvalue weighted by molar-refractivity contribution is -0.116. The Morgan fingerprint density at radius 2 is 1.44 bits per heavy atom. The molecule has 3 rings (SSSR count). The Balaban J connectivity index is 1.65. The molecule has 0 aromatic heterocycles. The maximum absolute atomic E-state index is 12.3. The highest BCUT2D eigenvalue weighted by Crippen LogP contribution is 2.22. The van der Waals surface area contributed by atoms with Gasteiger partial charge in [0.2, 0.25) is 11.8 Å². The lowest BCUT2D eigenvalue weighted by atomic mass is 10.1. The van der Waals surface area contributed by atoms with Crippen LogP contribution in [0.2, 0.25) is 0 Å². The first-order valence-electron chi connectivity index (χ1n) is 8.01. The highest BCUT2D eigenvalue weighted by Gasteiger charge is 2.36. The fourth-order valence-electron chi connectivity index (χ4n) is 2.68. The molecule has 4 amide bonds. The molecule has 8 heteroatoms. The second-order valence-corrected chi connectivity index (χ2v) is 5.75. The molecule has 134 valence electrons. The van der Waals surface area contributed by atoms with Crippen LogP contribution < -0.4 is 10.6 Å². The summed E-state index contributed by atoms with van der Waals surface area (Å²) in [7, 11) is 0. The zero-order chi connectivity index (χ0) is 19.4. The standard InChI is InChI=1S/C19H14N4O4/c20-9-8-16(24)21-12-4-3-5-13(10-12)22-17(25)11-23-18(26)14-6-1-2-7-15(14)19(23)27/h1-7,10H,8,11H2,(H,21,24)(H,22,25). The summed E-state index contributed by atoms with van der Waals surface area (Å²) >= 11 is 0. The third kappa shape index (κ3) is 3.82. The van der Waals surface area contributed by atoms with Crippen molar-refractivity contribution in [2.45, 2.75) is 6.42 Å². The van der Waals surface area contributed by atoms with Crippen molar-refractivity contribution in [2.24, 2.45) is 0 Å². The van der Waals surface area contributed by atoms with Gasteiger partial charge in [0.05, 0.1) is 17.2 Å². The molecule has 0 fully saturated rings. The van der Waals surface area contributed by atoms with Crippen LogP contribution in [0, 0.1) is 11.3 Å². The minimum atomic E-state index is -0.551. The number of amides is 4. The number of carbonyl (C=O) groups excluding carboxylic acids is 4. The summed E-state index contributed by atoms with van der Waals surface area (Å²) in [5.41, 5.74) is 1.34. The first kappa shape index (κ1) is 17.8. The molecule has 2 N–H and O–H groups in total. The maximum atomic E-state index is 12.3. The summed E-state index contributed by atoms with van der Waals surface area (Å²) in [6.07, 6.45) is -0.281. The van der Waals surface area contributed by atoms with Gasteiger partial charge in [-0.3, -0.25) is 24.1 Å². The van der Waals surface area contributed by atoms with Crippen LogP contribution in [0.4, 0.5) is 11.4 Å². The monoisotopic (exact) mass is 362 g/mol. The van der Waals surface area contributed by atoms with Gasteiger partial charge in [-0.2, -0.15) is 5.26 Å². The van der Waals surface area contributed by atoms with Gasteiger partial charge in [0.25, 0.3) is 11.8 Å². The van der Waals surface area contributed by atoms with Crippen LogP contribution in [-0.4, -0.2) is 35.1 Å². The van der Waals surface area contributed by atoms with Crippen molar-refractivity contribution in [2.75, 3.05) is 17.2 Å². The number of anilines is 2. The Bertz CT molecular complexity index is 958. The summed E-state index contributed by atoms with van der Waals surface area (Å²) in [6.45, 7) is -0.419. The molecule has 0 bridgehead atoms. The summed E-state index contributed by atoms with van der Waals surface area (Å²) in [5, 5.41) is 13.6. The highest BCUT2D eigenvalue weighted by molar-refractivity contribution is 6.22. The molecule has 0 aliphatic carbocycles. The molecule has 0 saturated carbocycles. The van der Waals surface area contributed by atoms with E-state index in [9.17, 15) is 19.2 Å². The normalized spacial score (nSPS) is 12.3. The van der Waals surface area contributed by atoms with Crippen molar-refractivity contribution >= 4 is 35.0 Å². The van der Waals surface area contributed by atoms with Gasteiger partial charge in [-0.1, -0.05) is 18.2 Å². The molecule has 0 saturated heterocycles. The number of nitrogens with one attached hydrogen (secondary N) is 2. The number of fused-ring (bicyclic) bond motifs is 1. The number of rotatable bonds is 5. The molecule has 2 aromatic rings. The number of nitriles is 1. The SMILES string of the molecule is N#CCC(=O)Nc1cccc(NC(=O)CN2C(=O)c3ccccc3C2=O)c1. The van der Waals surface area contributed by atoms with Crippen LogP contribution >= 0.6 is 0 Å². The van der Waals surface area contributed by atoms with Crippen LogP contribution in [0.15, 0.2) is 48.5 Å². The number of imide groups is 1. The molecule has 1 aliphatic heterocycles. The smallest absolute Gasteiger partial charge is 0.262 e. The molecule has 1 aliphatic rings. The molecule has 8 nitrogen and oxygen atoms in total. The summed E-state index contributed by atoms with van der Waals surface area (Å²) < 4.78 is 0. The Morgan fingerprint density at radius 3 is 2.00 bits per heavy atom. The van der Waals surface area contributed by atoms with Crippen molar-refractivity contribution in [3.63, 3.8) is 0 Å². The molecule has 0 spiro atoms. The number of benzene rings is 2. The van der Waals surface area contributed by atoms with Crippen molar-refractivity contribution in [3.8, 4) is 6.07 Å². The van der Waals surface area contributed by atoms with Crippen molar-refractivity contribution < 1.29 is 19.2 Å². The van der Waals surface area contributed by atoms with Crippen LogP contribution in [0.5, 0.6) is 0 Å². The molecular formula is C19H14N4O4. The van der Waals surface area contributed by atoms with E-state index in [1.165, 1.54) is 6.07 Å². The fraction of sp³-hybridized carbons (Fsp3) is 0.105. The minimum Gasteiger partial charge on any atom is -0.325 e. The third-order valence-corrected chi connectivity index (χ3v) is 3.85. The van der Waals surface area contributed by atoms with Crippen molar-refractivity contribution in [3.05, 3.63) is 59.7 Å². The molecule has 0 radical (unpaired) electrons. The lowest BCUT2D eigenvalue weighted by Crippen LogP contribution is -2.37. The topological polar surface area (TPSA) is 119 Å². The minimum absolute atomic E-state index is 0.275. The highest BCUT2D eigenvalue weighted by atomic mass is 16.2. The Hall–Kier alpha value is -3.99. The van der Waals surface area contributed by atoms with E-state index < -0.39 is 30.2 Å². The quantitative estimate of drug-likeness (QED) is 0.786. The molecule has 0 atom stereocenters. The average molecular weight is 362 g/mol. The average Bonchev–Trinajstić information content (AvgIpc) is 2.87. The Labute approximate surface area is 154 Å². The predicted octanol–water partition coefficient (Wildman–Crippen LogP) is 1.77. The summed E-state index contributed by atoms with van der Waals surface area (Å²) in [4.78, 5) is 49.2. The van der Waals surface area contributed by atoms with E-state index in [4.69, 9.17) is 5.26 Å². The first-order valence-corrected chi connectivity index (χ1v) is 8.01. The molecule has 0 unspecified atom stereocenters. The van der Waals surface area contributed by atoms with Gasteiger partial charge >= 0.3 is 0 Å². The van der Waals surface area contributed by atoms with Crippen molar-refractivity contribution in [1.29, 1.82) is 5.26 Å². The lowest BCUT2D eigenvalue weighted by Gasteiger charge is -2.14. The van der Waals surface area contributed by atoms with E-state index in [2.05, 4.69) is 10.6 Å². The molecule has 27 heavy (non-hydrogen) atoms. The van der Waals surface area contributed by atoms with Gasteiger partial charge in [0.1, 0.15) is 13.0 Å². The van der Waals surface area contributed by atoms with E-state index in [0.717, 1.165) is 4.90 Å². The second kappa shape index (κ2) is 7.49. The van der Waals surface area contributed by atoms with Crippen LogP contribution in [-0.2, 0) is 9.59 Å². The fourth-order valence-corrected chi connectivity index (χ4v) is 2.68. The van der Waals surface area contributed by atoms with E-state index in [1.54, 1.807) is 48.5 Å². The summed E-state index contributed by atoms with van der Waals surface area (Å²) in [5.74, 6) is -2.04. The van der Waals surface area contributed by atoms with E-state index >= 15 is 0 Å². The largest absolute Gasteiger partial charge is 0.325 e. The Kier molecular flexibility index (Phi) is 4.95. The molecule has 2 aromatic carbocycles. The van der Waals surface area contributed by atoms with Gasteiger partial charge in [-0.25, -0.2) is 0 Å². The second-order valence-electron chi connectivity index (χ2n) is 5.75. The summed E-state index contributed by atoms with van der Waals surface area (Å²) in [6, 6.07) is 14.5. The number of hydrogen-bond donors (Lipinski definition) is 2. The van der Waals surface area contributed by atoms with Crippen LogP contribution in [0.1, 0.15) is 27.1 Å². The van der Waals surface area contributed by atoms with E-state index in [1.807, 2.05) is 0 Å². The zero-order valence-corrected chi connectivity index (χ0v) is 14.1. The van der Waals surface area contributed by atoms with Crippen LogP contribution in [0.3, 0.4) is 0 Å². The van der Waals surface area contributed by atoms with Gasteiger partial charge < -0.3 is 10.6 Å².